The zero-order valence-electron chi connectivity index (χ0n) is 9.92. The van der Waals surface area contributed by atoms with Gasteiger partial charge in [-0.15, -0.1) is 11.3 Å². The third-order valence-corrected chi connectivity index (χ3v) is 3.28. The van der Waals surface area contributed by atoms with E-state index in [4.69, 9.17) is 11.6 Å². The molecule has 1 heterocycles. The molecule has 2 aromatic rings. The summed E-state index contributed by atoms with van der Waals surface area (Å²) >= 11 is 7.35. The van der Waals surface area contributed by atoms with Crippen molar-refractivity contribution in [3.8, 4) is 0 Å². The SMILES string of the molecule is O=C(N/N=C\C(Cl)=C\c1ccccc1)c1cccs1. The van der Waals surface area contributed by atoms with Gasteiger partial charge in [-0.25, -0.2) is 5.43 Å². The molecule has 1 aromatic carbocycles. The average molecular weight is 291 g/mol. The van der Waals surface area contributed by atoms with Crippen LogP contribution in [0.25, 0.3) is 6.08 Å². The van der Waals surface area contributed by atoms with Crippen LogP contribution in [0, 0.1) is 0 Å². The number of hydrogen-bond acceptors (Lipinski definition) is 3. The van der Waals surface area contributed by atoms with Gasteiger partial charge in [0.15, 0.2) is 0 Å². The van der Waals surface area contributed by atoms with Crippen molar-refractivity contribution in [1.29, 1.82) is 0 Å². The number of carbonyl (C=O) groups excluding carboxylic acids is 1. The zero-order valence-corrected chi connectivity index (χ0v) is 11.5. The Morgan fingerprint density at radius 3 is 2.68 bits per heavy atom. The fourth-order valence-corrected chi connectivity index (χ4v) is 2.15. The second kappa shape index (κ2) is 6.87. The Morgan fingerprint density at radius 2 is 2.00 bits per heavy atom. The molecule has 0 saturated carbocycles. The van der Waals surface area contributed by atoms with E-state index < -0.39 is 0 Å². The molecule has 0 aliphatic carbocycles. The molecular formula is C14H11ClN2OS. The van der Waals surface area contributed by atoms with Gasteiger partial charge < -0.3 is 0 Å². The highest BCUT2D eigenvalue weighted by Crippen LogP contribution is 2.09. The summed E-state index contributed by atoms with van der Waals surface area (Å²) in [6.45, 7) is 0. The number of amides is 1. The first-order valence-corrected chi connectivity index (χ1v) is 6.80. The summed E-state index contributed by atoms with van der Waals surface area (Å²) in [6.07, 6.45) is 3.17. The van der Waals surface area contributed by atoms with Crippen LogP contribution in [0.3, 0.4) is 0 Å². The molecule has 0 atom stereocenters. The van der Waals surface area contributed by atoms with Crippen LogP contribution in [0.5, 0.6) is 0 Å². The third-order valence-electron chi connectivity index (χ3n) is 2.20. The Balaban J connectivity index is 1.92. The van der Waals surface area contributed by atoms with Crippen molar-refractivity contribution in [2.75, 3.05) is 0 Å². The van der Waals surface area contributed by atoms with Crippen molar-refractivity contribution < 1.29 is 4.79 Å². The predicted molar refractivity (Wildman–Crippen MR) is 80.5 cm³/mol. The van der Waals surface area contributed by atoms with Crippen molar-refractivity contribution >= 4 is 41.1 Å². The minimum Gasteiger partial charge on any atom is -0.266 e. The molecule has 0 aliphatic heterocycles. The van der Waals surface area contributed by atoms with Gasteiger partial charge in [0.05, 0.1) is 16.1 Å². The lowest BCUT2D eigenvalue weighted by Gasteiger charge is -1.95. The smallest absolute Gasteiger partial charge is 0.266 e. The van der Waals surface area contributed by atoms with Crippen LogP contribution in [0.15, 0.2) is 58.0 Å². The fourth-order valence-electron chi connectivity index (χ4n) is 1.36. The van der Waals surface area contributed by atoms with Crippen LogP contribution >= 0.6 is 22.9 Å². The van der Waals surface area contributed by atoms with Crippen molar-refractivity contribution in [2.24, 2.45) is 5.10 Å². The number of thiophene rings is 1. The van der Waals surface area contributed by atoms with Crippen molar-refractivity contribution in [3.05, 3.63) is 63.3 Å². The maximum absolute atomic E-state index is 11.6. The van der Waals surface area contributed by atoms with Gasteiger partial charge in [-0.2, -0.15) is 5.10 Å². The molecule has 19 heavy (non-hydrogen) atoms. The van der Waals surface area contributed by atoms with E-state index in [9.17, 15) is 4.79 Å². The van der Waals surface area contributed by atoms with Crippen molar-refractivity contribution in [1.82, 2.24) is 5.43 Å². The summed E-state index contributed by atoms with van der Waals surface area (Å²) in [5, 5.41) is 6.08. The standard InChI is InChI=1S/C14H11ClN2OS/c15-12(9-11-5-2-1-3-6-11)10-16-17-14(18)13-7-4-8-19-13/h1-10H,(H,17,18)/b12-9-,16-10-. The van der Waals surface area contributed by atoms with Gasteiger partial charge >= 0.3 is 0 Å². The minimum absolute atomic E-state index is 0.240. The first-order chi connectivity index (χ1) is 9.25. The van der Waals surface area contributed by atoms with Crippen LogP contribution in [-0.2, 0) is 0 Å². The summed E-state index contributed by atoms with van der Waals surface area (Å²) in [7, 11) is 0. The van der Waals surface area contributed by atoms with Gasteiger partial charge in [0.1, 0.15) is 0 Å². The monoisotopic (exact) mass is 290 g/mol. The molecule has 3 nitrogen and oxygen atoms in total. The van der Waals surface area contributed by atoms with Crippen LogP contribution in [-0.4, -0.2) is 12.1 Å². The Morgan fingerprint density at radius 1 is 1.21 bits per heavy atom. The maximum atomic E-state index is 11.6. The first kappa shape index (κ1) is 13.5. The third kappa shape index (κ3) is 4.35. The largest absolute Gasteiger partial charge is 0.281 e. The van der Waals surface area contributed by atoms with Crippen molar-refractivity contribution in [2.45, 2.75) is 0 Å². The molecule has 2 rings (SSSR count). The summed E-state index contributed by atoms with van der Waals surface area (Å²) < 4.78 is 0. The highest BCUT2D eigenvalue weighted by atomic mass is 35.5. The van der Waals surface area contributed by atoms with E-state index in [2.05, 4.69) is 10.5 Å². The summed E-state index contributed by atoms with van der Waals surface area (Å²) in [4.78, 5) is 12.2. The molecule has 96 valence electrons. The summed E-state index contributed by atoms with van der Waals surface area (Å²) in [5.74, 6) is -0.240. The van der Waals surface area contributed by atoms with Gasteiger partial charge in [-0.1, -0.05) is 48.0 Å². The van der Waals surface area contributed by atoms with Gasteiger partial charge in [0, 0.05) is 0 Å². The molecule has 1 amide bonds. The lowest BCUT2D eigenvalue weighted by atomic mass is 10.2. The highest BCUT2D eigenvalue weighted by molar-refractivity contribution is 7.12. The number of hydrazone groups is 1. The lowest BCUT2D eigenvalue weighted by molar-refractivity contribution is 0.0959. The number of nitrogens with one attached hydrogen (secondary N) is 1. The number of carbonyl (C=O) groups is 1. The number of nitrogens with zero attached hydrogens (tertiary/aromatic N) is 1. The molecule has 0 unspecified atom stereocenters. The second-order valence-electron chi connectivity index (χ2n) is 3.62. The van der Waals surface area contributed by atoms with Gasteiger partial charge in [0.25, 0.3) is 5.91 Å². The zero-order chi connectivity index (χ0) is 13.5. The topological polar surface area (TPSA) is 41.5 Å². The number of benzene rings is 1. The van der Waals surface area contributed by atoms with Gasteiger partial charge in [-0.3, -0.25) is 4.79 Å². The average Bonchev–Trinajstić information content (AvgIpc) is 2.93. The van der Waals surface area contributed by atoms with E-state index >= 15 is 0 Å². The van der Waals surface area contributed by atoms with Crippen LogP contribution in [0.4, 0.5) is 0 Å². The Labute approximate surface area is 120 Å². The molecule has 0 saturated heterocycles. The van der Waals surface area contributed by atoms with E-state index in [1.165, 1.54) is 17.6 Å². The summed E-state index contributed by atoms with van der Waals surface area (Å²) in [5.41, 5.74) is 3.39. The molecule has 1 aromatic heterocycles. The fraction of sp³-hybridized carbons (Fsp3) is 0. The van der Waals surface area contributed by atoms with Crippen LogP contribution in [0.1, 0.15) is 15.2 Å². The molecular weight excluding hydrogens is 280 g/mol. The van der Waals surface area contributed by atoms with Crippen molar-refractivity contribution in [3.63, 3.8) is 0 Å². The Kier molecular flexibility index (Phi) is 4.89. The van der Waals surface area contributed by atoms with Crippen LogP contribution < -0.4 is 5.43 Å². The molecule has 0 bridgehead atoms. The number of halogens is 1. The quantitative estimate of drug-likeness (QED) is 0.676. The highest BCUT2D eigenvalue weighted by Gasteiger charge is 2.03. The number of allylic oxidation sites excluding steroid dienone is 1. The van der Waals surface area contributed by atoms with E-state index in [1.54, 1.807) is 12.1 Å². The molecule has 5 heteroatoms. The second-order valence-corrected chi connectivity index (χ2v) is 5.00. The number of rotatable bonds is 4. The predicted octanol–water partition coefficient (Wildman–Crippen LogP) is 3.74. The first-order valence-electron chi connectivity index (χ1n) is 5.55. The normalized spacial score (nSPS) is 11.7. The van der Waals surface area contributed by atoms with Gasteiger partial charge in [-0.05, 0) is 23.1 Å². The minimum atomic E-state index is -0.240. The van der Waals surface area contributed by atoms with E-state index in [0.29, 0.717) is 9.91 Å². The van der Waals surface area contributed by atoms with E-state index in [1.807, 2.05) is 41.8 Å². The van der Waals surface area contributed by atoms with E-state index in [0.717, 1.165) is 5.56 Å². The number of hydrogen-bond donors (Lipinski definition) is 1. The Hall–Kier alpha value is -1.91. The maximum Gasteiger partial charge on any atom is 0.281 e. The van der Waals surface area contributed by atoms with Crippen LogP contribution in [0.2, 0.25) is 0 Å². The Bertz CT molecular complexity index is 591. The molecule has 0 spiro atoms. The van der Waals surface area contributed by atoms with Gasteiger partial charge in [0.2, 0.25) is 0 Å². The molecule has 0 fully saturated rings. The molecule has 0 aliphatic rings. The summed E-state index contributed by atoms with van der Waals surface area (Å²) in [6, 6.07) is 13.2. The molecule has 1 N–H and O–H groups in total. The molecule has 0 radical (unpaired) electrons. The lowest BCUT2D eigenvalue weighted by Crippen LogP contribution is -2.15. The van der Waals surface area contributed by atoms with E-state index in [-0.39, 0.29) is 5.91 Å².